The number of piperidine rings is 1. The molecular weight excluding hydrogens is 394 g/mol. The van der Waals surface area contributed by atoms with Crippen molar-refractivity contribution in [1.82, 2.24) is 15.5 Å². The van der Waals surface area contributed by atoms with Crippen LogP contribution >= 0.6 is 11.6 Å². The molecule has 2 N–H and O–H groups in total. The Morgan fingerprint density at radius 2 is 2.00 bits per heavy atom. The molecule has 1 aromatic rings. The maximum absolute atomic E-state index is 12.9. The van der Waals surface area contributed by atoms with Crippen molar-refractivity contribution in [1.29, 1.82) is 0 Å². The molecule has 2 heterocycles. The first-order valence-electron chi connectivity index (χ1n) is 9.91. The number of nitrogens with zero attached hydrogens (tertiary/aromatic N) is 1. The smallest absolute Gasteiger partial charge is 0.322 e. The van der Waals surface area contributed by atoms with Crippen molar-refractivity contribution in [3.05, 3.63) is 28.3 Å². The van der Waals surface area contributed by atoms with Crippen LogP contribution in [-0.4, -0.2) is 48.5 Å². The number of carbonyl (C=O) groups is 3. The van der Waals surface area contributed by atoms with Crippen molar-refractivity contribution in [3.63, 3.8) is 0 Å². The molecule has 2 aliphatic heterocycles. The van der Waals surface area contributed by atoms with E-state index in [2.05, 4.69) is 16.7 Å². The summed E-state index contributed by atoms with van der Waals surface area (Å²) in [5, 5.41) is 5.50. The van der Waals surface area contributed by atoms with Crippen LogP contribution in [0, 0.1) is 12.8 Å². The van der Waals surface area contributed by atoms with Gasteiger partial charge in [0, 0.05) is 19.0 Å². The molecule has 8 heteroatoms. The standard InChI is InChI=1S/C21H28ClN3O4/c1-12-9-15(10-16(29-4)17(12)22)14-5-7-25(8-6-14)18(26)13(2)11-21(3)19(27)23-20(28)24-21/h9-10,13-14H,5-8,11H2,1-4H3,(H2,23,24,27,28)/t13?,21-/m1/s1. The molecule has 4 amide bonds. The van der Waals surface area contributed by atoms with Gasteiger partial charge in [-0.2, -0.15) is 0 Å². The van der Waals surface area contributed by atoms with Gasteiger partial charge in [0.15, 0.2) is 0 Å². The van der Waals surface area contributed by atoms with E-state index in [9.17, 15) is 14.4 Å². The fourth-order valence-electron chi connectivity index (χ4n) is 4.32. The Labute approximate surface area is 176 Å². The number of nitrogens with one attached hydrogen (secondary N) is 2. The van der Waals surface area contributed by atoms with E-state index in [0.717, 1.165) is 18.4 Å². The monoisotopic (exact) mass is 421 g/mol. The number of methoxy groups -OCH3 is 1. The van der Waals surface area contributed by atoms with Crippen molar-refractivity contribution in [3.8, 4) is 5.75 Å². The van der Waals surface area contributed by atoms with Crippen LogP contribution in [-0.2, 0) is 9.59 Å². The van der Waals surface area contributed by atoms with Gasteiger partial charge in [-0.1, -0.05) is 24.6 Å². The predicted octanol–water partition coefficient (Wildman–Crippen LogP) is 2.99. The summed E-state index contributed by atoms with van der Waals surface area (Å²) < 4.78 is 5.38. The number of imide groups is 1. The van der Waals surface area contributed by atoms with Gasteiger partial charge < -0.3 is 15.0 Å². The number of amides is 4. The lowest BCUT2D eigenvalue weighted by Crippen LogP contribution is -2.48. The third-order valence-electron chi connectivity index (χ3n) is 6.00. The second-order valence-electron chi connectivity index (χ2n) is 8.30. The molecule has 7 nitrogen and oxygen atoms in total. The number of carbonyl (C=O) groups excluding carboxylic acids is 3. The summed E-state index contributed by atoms with van der Waals surface area (Å²) in [5.74, 6) is 0.297. The Kier molecular flexibility index (Phi) is 6.08. The first kappa shape index (κ1) is 21.4. The normalized spacial score (nSPS) is 23.6. The minimum absolute atomic E-state index is 0.0171. The SMILES string of the molecule is COc1cc(C2CCN(C(=O)C(C)C[C@@]3(C)NC(=O)NC3=O)CC2)cc(C)c1Cl. The molecule has 0 aliphatic carbocycles. The molecule has 0 aromatic heterocycles. The molecule has 158 valence electrons. The molecule has 2 fully saturated rings. The molecule has 0 radical (unpaired) electrons. The molecule has 3 rings (SSSR count). The second kappa shape index (κ2) is 8.22. The van der Waals surface area contributed by atoms with Crippen molar-refractivity contribution < 1.29 is 19.1 Å². The topological polar surface area (TPSA) is 87.7 Å². The highest BCUT2D eigenvalue weighted by molar-refractivity contribution is 6.32. The van der Waals surface area contributed by atoms with Gasteiger partial charge in [0.1, 0.15) is 11.3 Å². The summed E-state index contributed by atoms with van der Waals surface area (Å²) in [4.78, 5) is 38.2. The average molecular weight is 422 g/mol. The maximum Gasteiger partial charge on any atom is 0.322 e. The third-order valence-corrected chi connectivity index (χ3v) is 6.48. The molecule has 0 bridgehead atoms. The zero-order chi connectivity index (χ0) is 21.3. The van der Waals surface area contributed by atoms with Crippen LogP contribution in [0.4, 0.5) is 4.79 Å². The summed E-state index contributed by atoms with van der Waals surface area (Å²) in [6.07, 6.45) is 1.99. The number of halogens is 1. The zero-order valence-electron chi connectivity index (χ0n) is 17.3. The Morgan fingerprint density at radius 3 is 2.55 bits per heavy atom. The highest BCUT2D eigenvalue weighted by atomic mass is 35.5. The highest BCUT2D eigenvalue weighted by Gasteiger charge is 2.44. The number of hydrogen-bond acceptors (Lipinski definition) is 4. The largest absolute Gasteiger partial charge is 0.495 e. The molecule has 2 atom stereocenters. The number of rotatable bonds is 5. The van der Waals surface area contributed by atoms with E-state index in [4.69, 9.17) is 16.3 Å². The lowest BCUT2D eigenvalue weighted by atomic mass is 9.86. The van der Waals surface area contributed by atoms with E-state index in [-0.39, 0.29) is 24.2 Å². The van der Waals surface area contributed by atoms with Crippen LogP contribution in [0.1, 0.15) is 50.2 Å². The molecule has 0 saturated carbocycles. The summed E-state index contributed by atoms with van der Waals surface area (Å²) >= 11 is 6.27. The zero-order valence-corrected chi connectivity index (χ0v) is 18.1. The molecule has 2 saturated heterocycles. The molecule has 1 unspecified atom stereocenters. The number of hydrogen-bond donors (Lipinski definition) is 2. The van der Waals surface area contributed by atoms with Gasteiger partial charge in [-0.05, 0) is 56.2 Å². The number of urea groups is 1. The van der Waals surface area contributed by atoms with Crippen molar-refractivity contribution >= 4 is 29.4 Å². The van der Waals surface area contributed by atoms with Gasteiger partial charge in [-0.25, -0.2) is 4.79 Å². The first-order chi connectivity index (χ1) is 13.6. The van der Waals surface area contributed by atoms with E-state index in [1.54, 1.807) is 14.0 Å². The minimum Gasteiger partial charge on any atom is -0.495 e. The van der Waals surface area contributed by atoms with Crippen LogP contribution in [0.2, 0.25) is 5.02 Å². The molecule has 1 aromatic carbocycles. The van der Waals surface area contributed by atoms with Gasteiger partial charge >= 0.3 is 6.03 Å². The van der Waals surface area contributed by atoms with Gasteiger partial charge in [-0.15, -0.1) is 0 Å². The molecular formula is C21H28ClN3O4. The van der Waals surface area contributed by atoms with E-state index in [1.165, 1.54) is 5.56 Å². The van der Waals surface area contributed by atoms with Crippen LogP contribution in [0.25, 0.3) is 0 Å². The lowest BCUT2D eigenvalue weighted by Gasteiger charge is -2.35. The van der Waals surface area contributed by atoms with Crippen LogP contribution in [0.15, 0.2) is 12.1 Å². The van der Waals surface area contributed by atoms with Crippen LogP contribution in [0.5, 0.6) is 5.75 Å². The van der Waals surface area contributed by atoms with Crippen molar-refractivity contribution in [2.24, 2.45) is 5.92 Å². The van der Waals surface area contributed by atoms with Crippen LogP contribution < -0.4 is 15.4 Å². The molecule has 29 heavy (non-hydrogen) atoms. The quantitative estimate of drug-likeness (QED) is 0.715. The van der Waals surface area contributed by atoms with E-state index in [0.29, 0.717) is 29.8 Å². The molecule has 0 spiro atoms. The van der Waals surface area contributed by atoms with Gasteiger partial charge in [-0.3, -0.25) is 14.9 Å². The number of aryl methyl sites for hydroxylation is 1. The minimum atomic E-state index is -1.04. The summed E-state index contributed by atoms with van der Waals surface area (Å²) in [7, 11) is 1.61. The number of benzene rings is 1. The van der Waals surface area contributed by atoms with Gasteiger partial charge in [0.25, 0.3) is 5.91 Å². The Hall–Kier alpha value is -2.28. The first-order valence-corrected chi connectivity index (χ1v) is 10.3. The van der Waals surface area contributed by atoms with E-state index >= 15 is 0 Å². The average Bonchev–Trinajstić information content (AvgIpc) is 2.94. The summed E-state index contributed by atoms with van der Waals surface area (Å²) in [6.45, 7) is 6.75. The van der Waals surface area contributed by atoms with E-state index in [1.807, 2.05) is 24.8 Å². The summed E-state index contributed by atoms with van der Waals surface area (Å²) in [5.41, 5.74) is 1.13. The Balaban J connectivity index is 1.60. The Morgan fingerprint density at radius 1 is 1.34 bits per heavy atom. The summed E-state index contributed by atoms with van der Waals surface area (Å²) in [6, 6.07) is 3.58. The Bertz CT molecular complexity index is 835. The number of likely N-dealkylation sites (tertiary alicyclic amines) is 1. The lowest BCUT2D eigenvalue weighted by molar-refractivity contribution is -0.137. The fourth-order valence-corrected chi connectivity index (χ4v) is 4.50. The van der Waals surface area contributed by atoms with Gasteiger partial charge in [0.2, 0.25) is 5.91 Å². The van der Waals surface area contributed by atoms with Gasteiger partial charge in [0.05, 0.1) is 12.1 Å². The third kappa shape index (κ3) is 4.34. The molecule has 2 aliphatic rings. The van der Waals surface area contributed by atoms with Crippen molar-refractivity contribution in [2.75, 3.05) is 20.2 Å². The van der Waals surface area contributed by atoms with E-state index < -0.39 is 11.6 Å². The second-order valence-corrected chi connectivity index (χ2v) is 8.68. The van der Waals surface area contributed by atoms with Crippen LogP contribution in [0.3, 0.4) is 0 Å². The highest BCUT2D eigenvalue weighted by Crippen LogP contribution is 2.36. The maximum atomic E-state index is 12.9. The predicted molar refractivity (Wildman–Crippen MR) is 110 cm³/mol. The fraction of sp³-hybridized carbons (Fsp3) is 0.571. The van der Waals surface area contributed by atoms with Crippen molar-refractivity contribution in [2.45, 2.75) is 51.5 Å². The number of ether oxygens (including phenoxy) is 1.